The lowest BCUT2D eigenvalue weighted by Crippen LogP contribution is -2.49. The molecule has 0 amide bonds. The van der Waals surface area contributed by atoms with Crippen molar-refractivity contribution in [2.75, 3.05) is 11.9 Å². The van der Waals surface area contributed by atoms with Crippen LogP contribution in [0, 0.1) is 12.3 Å². The fourth-order valence-electron chi connectivity index (χ4n) is 2.31. The highest BCUT2D eigenvalue weighted by Gasteiger charge is 2.52. The zero-order valence-electron chi connectivity index (χ0n) is 10.8. The standard InChI is InChI=1S/C14H21BrN2/c1-10-6-11(15)8-12(7-10)17-14(3,9-16)13(2)4-5-13/h6-8,17H,4-5,9,16H2,1-3H3. The third kappa shape index (κ3) is 2.50. The van der Waals surface area contributed by atoms with Crippen LogP contribution in [0.5, 0.6) is 0 Å². The summed E-state index contributed by atoms with van der Waals surface area (Å²) < 4.78 is 1.11. The number of nitrogens with one attached hydrogen (secondary N) is 1. The zero-order chi connectivity index (χ0) is 12.7. The molecule has 2 nitrogen and oxygen atoms in total. The summed E-state index contributed by atoms with van der Waals surface area (Å²) in [5.41, 5.74) is 8.72. The molecule has 2 rings (SSSR count). The second-order valence-corrected chi connectivity index (χ2v) is 6.65. The third-order valence-corrected chi connectivity index (χ3v) is 4.66. The summed E-state index contributed by atoms with van der Waals surface area (Å²) in [5, 5.41) is 3.63. The molecule has 94 valence electrons. The molecule has 3 N–H and O–H groups in total. The lowest BCUT2D eigenvalue weighted by molar-refractivity contribution is 0.333. The van der Waals surface area contributed by atoms with Gasteiger partial charge in [0.15, 0.2) is 0 Å². The third-order valence-electron chi connectivity index (χ3n) is 4.20. The Morgan fingerprint density at radius 3 is 2.53 bits per heavy atom. The first kappa shape index (κ1) is 12.9. The minimum atomic E-state index is -0.0137. The largest absolute Gasteiger partial charge is 0.378 e. The molecule has 1 atom stereocenters. The van der Waals surface area contributed by atoms with E-state index < -0.39 is 0 Å². The number of hydrogen-bond donors (Lipinski definition) is 2. The van der Waals surface area contributed by atoms with Gasteiger partial charge in [0.05, 0.1) is 5.54 Å². The van der Waals surface area contributed by atoms with Crippen molar-refractivity contribution in [3.05, 3.63) is 28.2 Å². The van der Waals surface area contributed by atoms with Gasteiger partial charge in [0.25, 0.3) is 0 Å². The monoisotopic (exact) mass is 296 g/mol. The molecule has 1 saturated carbocycles. The molecule has 1 fully saturated rings. The molecule has 0 spiro atoms. The van der Waals surface area contributed by atoms with Crippen LogP contribution in [0.15, 0.2) is 22.7 Å². The van der Waals surface area contributed by atoms with Gasteiger partial charge in [-0.25, -0.2) is 0 Å². The van der Waals surface area contributed by atoms with Crippen molar-refractivity contribution in [2.45, 2.75) is 39.2 Å². The van der Waals surface area contributed by atoms with Crippen molar-refractivity contribution in [3.63, 3.8) is 0 Å². The Labute approximate surface area is 112 Å². The van der Waals surface area contributed by atoms with Gasteiger partial charge in [-0.3, -0.25) is 0 Å². The van der Waals surface area contributed by atoms with Gasteiger partial charge in [0, 0.05) is 16.7 Å². The number of rotatable bonds is 4. The van der Waals surface area contributed by atoms with E-state index in [0.29, 0.717) is 12.0 Å². The number of halogens is 1. The maximum Gasteiger partial charge on any atom is 0.0521 e. The molecule has 0 radical (unpaired) electrons. The van der Waals surface area contributed by atoms with Crippen LogP contribution in [0.4, 0.5) is 5.69 Å². The van der Waals surface area contributed by atoms with E-state index in [1.54, 1.807) is 0 Å². The average molecular weight is 297 g/mol. The fourth-order valence-corrected chi connectivity index (χ4v) is 2.92. The van der Waals surface area contributed by atoms with Gasteiger partial charge in [-0.15, -0.1) is 0 Å². The highest BCUT2D eigenvalue weighted by molar-refractivity contribution is 9.10. The molecule has 0 saturated heterocycles. The van der Waals surface area contributed by atoms with Crippen LogP contribution >= 0.6 is 15.9 Å². The van der Waals surface area contributed by atoms with E-state index in [1.165, 1.54) is 18.4 Å². The summed E-state index contributed by atoms with van der Waals surface area (Å²) in [7, 11) is 0. The van der Waals surface area contributed by atoms with E-state index >= 15 is 0 Å². The number of aryl methyl sites for hydroxylation is 1. The topological polar surface area (TPSA) is 38.0 Å². The normalized spacial score (nSPS) is 20.8. The molecule has 0 bridgehead atoms. The van der Waals surface area contributed by atoms with E-state index in [-0.39, 0.29) is 5.54 Å². The van der Waals surface area contributed by atoms with Crippen LogP contribution in [0.1, 0.15) is 32.3 Å². The first-order valence-electron chi connectivity index (χ1n) is 6.14. The predicted octanol–water partition coefficient (Wildman–Crippen LogP) is 3.69. The molecule has 1 aromatic rings. The molecule has 1 unspecified atom stereocenters. The van der Waals surface area contributed by atoms with Crippen molar-refractivity contribution in [1.29, 1.82) is 0 Å². The van der Waals surface area contributed by atoms with Gasteiger partial charge < -0.3 is 11.1 Å². The highest BCUT2D eigenvalue weighted by Crippen LogP contribution is 2.54. The average Bonchev–Trinajstić information content (AvgIpc) is 2.96. The SMILES string of the molecule is Cc1cc(Br)cc(NC(C)(CN)C2(C)CC2)c1. The first-order valence-corrected chi connectivity index (χ1v) is 6.93. The van der Waals surface area contributed by atoms with Gasteiger partial charge in [0.1, 0.15) is 0 Å². The van der Waals surface area contributed by atoms with Gasteiger partial charge in [-0.1, -0.05) is 22.9 Å². The second kappa shape index (κ2) is 4.29. The van der Waals surface area contributed by atoms with E-state index in [4.69, 9.17) is 5.73 Å². The fraction of sp³-hybridized carbons (Fsp3) is 0.571. The minimum absolute atomic E-state index is 0.0137. The molecule has 3 heteroatoms. The van der Waals surface area contributed by atoms with Crippen molar-refractivity contribution in [3.8, 4) is 0 Å². The van der Waals surface area contributed by atoms with Crippen molar-refractivity contribution in [1.82, 2.24) is 0 Å². The van der Waals surface area contributed by atoms with E-state index in [9.17, 15) is 0 Å². The maximum atomic E-state index is 5.98. The number of benzene rings is 1. The van der Waals surface area contributed by atoms with E-state index in [0.717, 1.165) is 10.2 Å². The van der Waals surface area contributed by atoms with Gasteiger partial charge in [-0.05, 0) is 55.9 Å². The molecule has 0 heterocycles. The second-order valence-electron chi connectivity index (χ2n) is 5.74. The Balaban J connectivity index is 2.24. The molecule has 1 aliphatic rings. The molecule has 1 aromatic carbocycles. The Bertz CT molecular complexity index is 406. The van der Waals surface area contributed by atoms with Crippen LogP contribution in [0.2, 0.25) is 0 Å². The van der Waals surface area contributed by atoms with Gasteiger partial charge >= 0.3 is 0 Å². The first-order chi connectivity index (χ1) is 7.88. The maximum absolute atomic E-state index is 5.98. The summed E-state index contributed by atoms with van der Waals surface area (Å²) in [4.78, 5) is 0. The Morgan fingerprint density at radius 2 is 2.06 bits per heavy atom. The lowest BCUT2D eigenvalue weighted by Gasteiger charge is -2.37. The molecule has 0 aliphatic heterocycles. The molecule has 17 heavy (non-hydrogen) atoms. The summed E-state index contributed by atoms with van der Waals surface area (Å²) >= 11 is 3.54. The summed E-state index contributed by atoms with van der Waals surface area (Å²) in [6, 6.07) is 6.40. The van der Waals surface area contributed by atoms with Crippen LogP contribution in [0.3, 0.4) is 0 Å². The summed E-state index contributed by atoms with van der Waals surface area (Å²) in [5.74, 6) is 0. The van der Waals surface area contributed by atoms with Gasteiger partial charge in [0.2, 0.25) is 0 Å². The lowest BCUT2D eigenvalue weighted by atomic mass is 9.83. The molecular weight excluding hydrogens is 276 g/mol. The zero-order valence-corrected chi connectivity index (χ0v) is 12.4. The quantitative estimate of drug-likeness (QED) is 0.889. The number of nitrogens with two attached hydrogens (primary N) is 1. The van der Waals surface area contributed by atoms with Gasteiger partial charge in [-0.2, -0.15) is 0 Å². The van der Waals surface area contributed by atoms with Crippen LogP contribution in [-0.2, 0) is 0 Å². The van der Waals surface area contributed by atoms with Crippen molar-refractivity contribution in [2.24, 2.45) is 11.1 Å². The smallest absolute Gasteiger partial charge is 0.0521 e. The molecule has 0 aromatic heterocycles. The summed E-state index contributed by atoms with van der Waals surface area (Å²) in [6.45, 7) is 7.32. The van der Waals surface area contributed by atoms with E-state index in [2.05, 4.69) is 60.2 Å². The van der Waals surface area contributed by atoms with Crippen LogP contribution in [0.25, 0.3) is 0 Å². The van der Waals surface area contributed by atoms with E-state index in [1.807, 2.05) is 0 Å². The Kier molecular flexibility index (Phi) is 3.25. The molecular formula is C14H21BrN2. The summed E-state index contributed by atoms with van der Waals surface area (Å²) in [6.07, 6.45) is 2.53. The Morgan fingerprint density at radius 1 is 1.41 bits per heavy atom. The van der Waals surface area contributed by atoms with Crippen LogP contribution in [-0.4, -0.2) is 12.1 Å². The molecule has 1 aliphatic carbocycles. The minimum Gasteiger partial charge on any atom is -0.378 e. The number of hydrogen-bond acceptors (Lipinski definition) is 2. The highest BCUT2D eigenvalue weighted by atomic mass is 79.9. The predicted molar refractivity (Wildman–Crippen MR) is 77.3 cm³/mol. The van der Waals surface area contributed by atoms with Crippen molar-refractivity contribution >= 4 is 21.6 Å². The number of anilines is 1. The van der Waals surface area contributed by atoms with Crippen LogP contribution < -0.4 is 11.1 Å². The van der Waals surface area contributed by atoms with Crippen molar-refractivity contribution < 1.29 is 0 Å². The Hall–Kier alpha value is -0.540.